The van der Waals surface area contributed by atoms with Crippen molar-refractivity contribution in [1.29, 1.82) is 0 Å². The van der Waals surface area contributed by atoms with Gasteiger partial charge >= 0.3 is 0 Å². The highest BCUT2D eigenvalue weighted by atomic mass is 32.1. The average molecular weight is 443 g/mol. The monoisotopic (exact) mass is 442 g/mol. The summed E-state index contributed by atoms with van der Waals surface area (Å²) in [6, 6.07) is 0. The first-order valence-electron chi connectivity index (χ1n) is 10.1. The number of hydrogen-bond donors (Lipinski definition) is 1. The van der Waals surface area contributed by atoms with Gasteiger partial charge in [0.05, 0.1) is 106 Å². The van der Waals surface area contributed by atoms with Crippen molar-refractivity contribution >= 4 is 18.9 Å². The highest BCUT2D eigenvalue weighted by molar-refractivity contribution is 7.80. The lowest BCUT2D eigenvalue weighted by atomic mass is 10.5. The highest BCUT2D eigenvalue weighted by Gasteiger charge is 1.95. The molecule has 0 heterocycles. The second-order valence-electron chi connectivity index (χ2n) is 5.58. The van der Waals surface area contributed by atoms with Gasteiger partial charge in [0.25, 0.3) is 0 Å². The van der Waals surface area contributed by atoms with E-state index in [4.69, 9.17) is 37.9 Å². The molecule has 10 heteroatoms. The summed E-state index contributed by atoms with van der Waals surface area (Å²) in [6.45, 7) is 8.48. The van der Waals surface area contributed by atoms with Gasteiger partial charge in [-0.25, -0.2) is 0 Å². The first-order valence-corrected chi connectivity index (χ1v) is 10.7. The van der Waals surface area contributed by atoms with Crippen molar-refractivity contribution in [3.8, 4) is 0 Å². The SMILES string of the molecule is O=CCCOCCOCCOCCOCCOCCOCCOCCOCCS. The van der Waals surface area contributed by atoms with Gasteiger partial charge in [0.15, 0.2) is 0 Å². The van der Waals surface area contributed by atoms with E-state index in [0.29, 0.717) is 112 Å². The summed E-state index contributed by atoms with van der Waals surface area (Å²) < 4.78 is 42.6. The van der Waals surface area contributed by atoms with Crippen molar-refractivity contribution in [1.82, 2.24) is 0 Å². The minimum atomic E-state index is 0.422. The van der Waals surface area contributed by atoms with Crippen LogP contribution in [0.15, 0.2) is 0 Å². The Balaban J connectivity index is 2.97. The van der Waals surface area contributed by atoms with E-state index in [9.17, 15) is 4.79 Å². The Morgan fingerprint density at radius 1 is 0.414 bits per heavy atom. The molecule has 29 heavy (non-hydrogen) atoms. The fraction of sp³-hybridized carbons (Fsp3) is 0.947. The molecule has 0 N–H and O–H groups in total. The Bertz CT molecular complexity index is 311. The van der Waals surface area contributed by atoms with Gasteiger partial charge in [0, 0.05) is 12.2 Å². The van der Waals surface area contributed by atoms with Crippen LogP contribution in [-0.2, 0) is 42.7 Å². The van der Waals surface area contributed by atoms with Crippen molar-refractivity contribution in [2.75, 3.05) is 111 Å². The lowest BCUT2D eigenvalue weighted by Gasteiger charge is -2.08. The van der Waals surface area contributed by atoms with Crippen LogP contribution in [0.2, 0.25) is 0 Å². The van der Waals surface area contributed by atoms with E-state index in [1.165, 1.54) is 0 Å². The van der Waals surface area contributed by atoms with Crippen LogP contribution < -0.4 is 0 Å². The molecule has 174 valence electrons. The zero-order chi connectivity index (χ0) is 21.1. The number of ether oxygens (including phenoxy) is 8. The van der Waals surface area contributed by atoms with Crippen LogP contribution in [0, 0.1) is 0 Å². The molecule has 0 bridgehead atoms. The molecular formula is C19H38O9S. The summed E-state index contributed by atoms with van der Waals surface area (Å²) >= 11 is 4.05. The first kappa shape index (κ1) is 28.7. The minimum Gasteiger partial charge on any atom is -0.379 e. The third-order valence-electron chi connectivity index (χ3n) is 3.22. The predicted octanol–water partition coefficient (Wildman–Crippen LogP) is 0.638. The molecule has 0 aromatic rings. The second kappa shape index (κ2) is 27.7. The molecular weight excluding hydrogens is 404 g/mol. The summed E-state index contributed by atoms with van der Waals surface area (Å²) in [4.78, 5) is 10.1. The molecule has 0 spiro atoms. The molecule has 0 aliphatic rings. The van der Waals surface area contributed by atoms with Crippen molar-refractivity contribution in [3.63, 3.8) is 0 Å². The predicted molar refractivity (Wildman–Crippen MR) is 111 cm³/mol. The summed E-state index contributed by atoms with van der Waals surface area (Å²) in [6.07, 6.45) is 1.26. The number of hydrogen-bond acceptors (Lipinski definition) is 10. The van der Waals surface area contributed by atoms with E-state index < -0.39 is 0 Å². The number of carbonyl (C=O) groups excluding carboxylic acids is 1. The molecule has 0 amide bonds. The van der Waals surface area contributed by atoms with E-state index in [1.54, 1.807) is 0 Å². The third-order valence-corrected chi connectivity index (χ3v) is 3.40. The maximum atomic E-state index is 10.1. The molecule has 0 aliphatic heterocycles. The Hall–Kier alpha value is -0.300. The van der Waals surface area contributed by atoms with Gasteiger partial charge in [-0.05, 0) is 0 Å². The fourth-order valence-corrected chi connectivity index (χ4v) is 1.97. The van der Waals surface area contributed by atoms with E-state index in [1.807, 2.05) is 0 Å². The summed E-state index contributed by atoms with van der Waals surface area (Å²) in [5, 5.41) is 0. The molecule has 9 nitrogen and oxygen atoms in total. The molecule has 0 aromatic heterocycles. The van der Waals surface area contributed by atoms with Gasteiger partial charge in [0.2, 0.25) is 0 Å². The molecule has 0 saturated heterocycles. The average Bonchev–Trinajstić information content (AvgIpc) is 2.74. The van der Waals surface area contributed by atoms with Crippen LogP contribution in [0.5, 0.6) is 0 Å². The standard InChI is InChI=1S/C19H38O9S/c20-2-1-3-21-4-5-22-6-7-23-8-9-24-10-11-25-12-13-26-14-15-27-16-17-28-18-19-29/h2,29H,1,3-19H2. The van der Waals surface area contributed by atoms with Crippen LogP contribution in [-0.4, -0.2) is 118 Å². The van der Waals surface area contributed by atoms with E-state index in [0.717, 1.165) is 12.0 Å². The molecule has 0 aliphatic carbocycles. The molecule has 0 radical (unpaired) electrons. The highest BCUT2D eigenvalue weighted by Crippen LogP contribution is 1.86. The first-order chi connectivity index (χ1) is 14.4. The van der Waals surface area contributed by atoms with E-state index in [2.05, 4.69) is 12.6 Å². The van der Waals surface area contributed by atoms with Crippen LogP contribution in [0.4, 0.5) is 0 Å². The van der Waals surface area contributed by atoms with Crippen LogP contribution in [0.25, 0.3) is 0 Å². The van der Waals surface area contributed by atoms with E-state index in [-0.39, 0.29) is 0 Å². The van der Waals surface area contributed by atoms with Gasteiger partial charge in [-0.3, -0.25) is 0 Å². The van der Waals surface area contributed by atoms with Crippen molar-refractivity contribution in [3.05, 3.63) is 0 Å². The zero-order valence-electron chi connectivity index (χ0n) is 17.4. The normalized spacial score (nSPS) is 11.2. The second-order valence-corrected chi connectivity index (χ2v) is 6.03. The lowest BCUT2D eigenvalue weighted by Crippen LogP contribution is -2.15. The number of thiol groups is 1. The van der Waals surface area contributed by atoms with Gasteiger partial charge in [-0.1, -0.05) is 0 Å². The summed E-state index contributed by atoms with van der Waals surface area (Å²) in [7, 11) is 0. The molecule has 0 rings (SSSR count). The maximum absolute atomic E-state index is 10.1. The lowest BCUT2D eigenvalue weighted by molar-refractivity contribution is -0.108. The Morgan fingerprint density at radius 2 is 0.655 bits per heavy atom. The van der Waals surface area contributed by atoms with E-state index >= 15 is 0 Å². The zero-order valence-corrected chi connectivity index (χ0v) is 18.3. The smallest absolute Gasteiger partial charge is 0.122 e. The molecule has 0 aromatic carbocycles. The molecule has 0 saturated carbocycles. The van der Waals surface area contributed by atoms with Gasteiger partial charge in [0.1, 0.15) is 6.29 Å². The summed E-state index contributed by atoms with van der Waals surface area (Å²) in [5.41, 5.74) is 0. The largest absolute Gasteiger partial charge is 0.379 e. The van der Waals surface area contributed by atoms with Gasteiger partial charge in [-0.2, -0.15) is 12.6 Å². The van der Waals surface area contributed by atoms with Crippen molar-refractivity contribution in [2.45, 2.75) is 6.42 Å². The molecule has 0 atom stereocenters. The fourth-order valence-electron chi connectivity index (χ4n) is 1.84. The van der Waals surface area contributed by atoms with Gasteiger partial charge in [-0.15, -0.1) is 0 Å². The van der Waals surface area contributed by atoms with Crippen LogP contribution in [0.1, 0.15) is 6.42 Å². The quantitative estimate of drug-likeness (QED) is 0.118. The number of rotatable bonds is 26. The summed E-state index contributed by atoms with van der Waals surface area (Å²) in [5.74, 6) is 0.722. The molecule has 0 fully saturated rings. The number of carbonyl (C=O) groups is 1. The molecule has 0 unspecified atom stereocenters. The maximum Gasteiger partial charge on any atom is 0.122 e. The topological polar surface area (TPSA) is 90.9 Å². The number of aldehydes is 1. The minimum absolute atomic E-state index is 0.422. The Labute approximate surface area is 180 Å². The Kier molecular flexibility index (Phi) is 27.4. The van der Waals surface area contributed by atoms with Crippen LogP contribution >= 0.6 is 12.6 Å². The Morgan fingerprint density at radius 3 is 0.897 bits per heavy atom. The van der Waals surface area contributed by atoms with Crippen LogP contribution in [0.3, 0.4) is 0 Å². The van der Waals surface area contributed by atoms with Crippen molar-refractivity contribution in [2.24, 2.45) is 0 Å². The van der Waals surface area contributed by atoms with Crippen molar-refractivity contribution < 1.29 is 42.7 Å². The van der Waals surface area contributed by atoms with Gasteiger partial charge < -0.3 is 42.7 Å². The third kappa shape index (κ3) is 27.7.